The molecule has 24 heavy (non-hydrogen) atoms. The van der Waals surface area contributed by atoms with Gasteiger partial charge in [0.1, 0.15) is 30.7 Å². The summed E-state index contributed by atoms with van der Waals surface area (Å²) < 4.78 is 11.3. The summed E-state index contributed by atoms with van der Waals surface area (Å²) in [5.74, 6) is 1.03. The molecule has 5 nitrogen and oxygen atoms in total. The highest BCUT2D eigenvalue weighted by molar-refractivity contribution is 5.20. The predicted octanol–water partition coefficient (Wildman–Crippen LogP) is 2.38. The van der Waals surface area contributed by atoms with Crippen molar-refractivity contribution in [3.05, 3.63) is 30.3 Å². The van der Waals surface area contributed by atoms with E-state index in [4.69, 9.17) is 9.47 Å². The SMILES string of the molecule is CCCCC(CC)COC(C(O)CO)C(O)COc1ccccc1. The summed E-state index contributed by atoms with van der Waals surface area (Å²) >= 11 is 0. The third-order valence-electron chi connectivity index (χ3n) is 4.18. The molecule has 138 valence electrons. The molecule has 0 fully saturated rings. The first-order valence-electron chi connectivity index (χ1n) is 8.88. The Morgan fingerprint density at radius 1 is 1.00 bits per heavy atom. The summed E-state index contributed by atoms with van der Waals surface area (Å²) in [5.41, 5.74) is 0. The van der Waals surface area contributed by atoms with Gasteiger partial charge >= 0.3 is 0 Å². The molecule has 3 N–H and O–H groups in total. The normalized spacial score (nSPS) is 16.4. The molecule has 0 aliphatic heterocycles. The average Bonchev–Trinajstić information content (AvgIpc) is 2.63. The lowest BCUT2D eigenvalue weighted by atomic mass is 10.00. The Morgan fingerprint density at radius 3 is 2.29 bits per heavy atom. The topological polar surface area (TPSA) is 79.2 Å². The number of ether oxygens (including phenoxy) is 2. The highest BCUT2D eigenvalue weighted by Crippen LogP contribution is 2.17. The molecule has 4 unspecified atom stereocenters. The second kappa shape index (κ2) is 12.3. The van der Waals surface area contributed by atoms with Crippen LogP contribution in [0.15, 0.2) is 30.3 Å². The molecule has 0 aliphatic rings. The van der Waals surface area contributed by atoms with Crippen molar-refractivity contribution in [3.8, 4) is 5.75 Å². The first kappa shape index (κ1) is 20.9. The number of aliphatic hydroxyl groups excluding tert-OH is 3. The van der Waals surface area contributed by atoms with Crippen molar-refractivity contribution >= 4 is 0 Å². The van der Waals surface area contributed by atoms with Gasteiger partial charge in [-0.05, 0) is 24.5 Å². The first-order chi connectivity index (χ1) is 11.6. The Bertz CT molecular complexity index is 411. The number of para-hydroxylation sites is 1. The number of hydrogen-bond acceptors (Lipinski definition) is 5. The fourth-order valence-corrected chi connectivity index (χ4v) is 2.52. The smallest absolute Gasteiger partial charge is 0.119 e. The van der Waals surface area contributed by atoms with Gasteiger partial charge in [0.15, 0.2) is 0 Å². The molecule has 0 saturated heterocycles. The largest absolute Gasteiger partial charge is 0.491 e. The van der Waals surface area contributed by atoms with E-state index < -0.39 is 24.9 Å². The van der Waals surface area contributed by atoms with Crippen LogP contribution in [0, 0.1) is 5.92 Å². The van der Waals surface area contributed by atoms with Crippen LogP contribution < -0.4 is 4.74 Å². The Labute approximate surface area is 145 Å². The minimum atomic E-state index is -1.14. The van der Waals surface area contributed by atoms with Crippen molar-refractivity contribution in [2.45, 2.75) is 57.8 Å². The lowest BCUT2D eigenvalue weighted by molar-refractivity contribution is -0.128. The number of rotatable bonds is 13. The lowest BCUT2D eigenvalue weighted by Gasteiger charge is -2.28. The van der Waals surface area contributed by atoms with Gasteiger partial charge in [-0.3, -0.25) is 0 Å². The third-order valence-corrected chi connectivity index (χ3v) is 4.18. The van der Waals surface area contributed by atoms with Crippen molar-refractivity contribution < 1.29 is 24.8 Å². The summed E-state index contributed by atoms with van der Waals surface area (Å²) in [6, 6.07) is 9.16. The zero-order valence-electron chi connectivity index (χ0n) is 14.8. The van der Waals surface area contributed by atoms with Gasteiger partial charge in [0.2, 0.25) is 0 Å². The summed E-state index contributed by atoms with van der Waals surface area (Å²) in [4.78, 5) is 0. The summed E-state index contributed by atoms with van der Waals surface area (Å²) in [6.07, 6.45) is 1.29. The maximum Gasteiger partial charge on any atom is 0.119 e. The van der Waals surface area contributed by atoms with Gasteiger partial charge in [-0.15, -0.1) is 0 Å². The van der Waals surface area contributed by atoms with Crippen molar-refractivity contribution in [1.82, 2.24) is 0 Å². The first-order valence-corrected chi connectivity index (χ1v) is 8.88. The Morgan fingerprint density at radius 2 is 1.71 bits per heavy atom. The van der Waals surface area contributed by atoms with Gasteiger partial charge in [-0.25, -0.2) is 0 Å². The Hall–Kier alpha value is -1.14. The van der Waals surface area contributed by atoms with E-state index in [0.29, 0.717) is 18.3 Å². The van der Waals surface area contributed by atoms with E-state index in [1.54, 1.807) is 12.1 Å². The fourth-order valence-electron chi connectivity index (χ4n) is 2.52. The van der Waals surface area contributed by atoms with Crippen LogP contribution in [0.3, 0.4) is 0 Å². The second-order valence-electron chi connectivity index (χ2n) is 6.16. The minimum Gasteiger partial charge on any atom is -0.491 e. The molecule has 4 atom stereocenters. The lowest BCUT2D eigenvalue weighted by Crippen LogP contribution is -2.45. The molecule has 0 heterocycles. The van der Waals surface area contributed by atoms with Crippen LogP contribution in [-0.4, -0.2) is 53.5 Å². The van der Waals surface area contributed by atoms with Crippen LogP contribution in [0.2, 0.25) is 0 Å². The van der Waals surface area contributed by atoms with Crippen LogP contribution in [0.4, 0.5) is 0 Å². The van der Waals surface area contributed by atoms with Crippen molar-refractivity contribution in [2.75, 3.05) is 19.8 Å². The molecule has 0 amide bonds. The van der Waals surface area contributed by atoms with Crippen molar-refractivity contribution in [2.24, 2.45) is 5.92 Å². The zero-order valence-corrected chi connectivity index (χ0v) is 14.8. The molecular weight excluding hydrogens is 308 g/mol. The van der Waals surface area contributed by atoms with Gasteiger partial charge in [0, 0.05) is 0 Å². The molecule has 5 heteroatoms. The second-order valence-corrected chi connectivity index (χ2v) is 6.16. The molecular formula is C19H32O5. The highest BCUT2D eigenvalue weighted by atomic mass is 16.5. The van der Waals surface area contributed by atoms with E-state index in [2.05, 4.69) is 13.8 Å². The van der Waals surface area contributed by atoms with Gasteiger partial charge in [-0.1, -0.05) is 51.3 Å². The monoisotopic (exact) mass is 340 g/mol. The molecule has 0 spiro atoms. The highest BCUT2D eigenvalue weighted by Gasteiger charge is 2.29. The van der Waals surface area contributed by atoms with Crippen molar-refractivity contribution in [1.29, 1.82) is 0 Å². The zero-order chi connectivity index (χ0) is 17.8. The number of benzene rings is 1. The Balaban J connectivity index is 2.53. The van der Waals surface area contributed by atoms with Crippen LogP contribution in [0.25, 0.3) is 0 Å². The molecule has 0 aromatic heterocycles. The van der Waals surface area contributed by atoms with Crippen LogP contribution in [-0.2, 0) is 4.74 Å². The maximum atomic E-state index is 10.3. The van der Waals surface area contributed by atoms with Crippen molar-refractivity contribution in [3.63, 3.8) is 0 Å². The third kappa shape index (κ3) is 7.62. The van der Waals surface area contributed by atoms with E-state index in [9.17, 15) is 15.3 Å². The quantitative estimate of drug-likeness (QED) is 0.514. The molecule has 0 bridgehead atoms. The van der Waals surface area contributed by atoms with Crippen LogP contribution in [0.1, 0.15) is 39.5 Å². The van der Waals surface area contributed by atoms with Gasteiger partial charge in [-0.2, -0.15) is 0 Å². The molecule has 1 rings (SSSR count). The standard InChI is InChI=1S/C19H32O5/c1-3-5-9-15(4-2)13-24-19(17(21)12-20)18(22)14-23-16-10-7-6-8-11-16/h6-8,10-11,15,17-22H,3-5,9,12-14H2,1-2H3. The molecule has 1 aromatic carbocycles. The predicted molar refractivity (Wildman–Crippen MR) is 94.1 cm³/mol. The number of unbranched alkanes of at least 4 members (excludes halogenated alkanes) is 1. The van der Waals surface area contributed by atoms with E-state index in [0.717, 1.165) is 25.7 Å². The van der Waals surface area contributed by atoms with E-state index in [1.807, 2.05) is 18.2 Å². The number of aliphatic hydroxyl groups is 3. The Kier molecular flexibility index (Phi) is 10.7. The molecule has 0 saturated carbocycles. The van der Waals surface area contributed by atoms with E-state index in [-0.39, 0.29) is 6.61 Å². The van der Waals surface area contributed by atoms with Crippen LogP contribution in [0.5, 0.6) is 5.75 Å². The average molecular weight is 340 g/mol. The van der Waals surface area contributed by atoms with Gasteiger partial charge < -0.3 is 24.8 Å². The van der Waals surface area contributed by atoms with Gasteiger partial charge in [0.05, 0.1) is 13.2 Å². The molecule has 1 aromatic rings. The number of hydrogen-bond donors (Lipinski definition) is 3. The van der Waals surface area contributed by atoms with E-state index >= 15 is 0 Å². The van der Waals surface area contributed by atoms with Crippen LogP contribution >= 0.6 is 0 Å². The summed E-state index contributed by atoms with van der Waals surface area (Å²) in [5, 5.41) is 29.5. The summed E-state index contributed by atoms with van der Waals surface area (Å²) in [7, 11) is 0. The molecule has 0 radical (unpaired) electrons. The van der Waals surface area contributed by atoms with E-state index in [1.165, 1.54) is 0 Å². The molecule has 0 aliphatic carbocycles. The minimum absolute atomic E-state index is 0.00249. The van der Waals surface area contributed by atoms with Gasteiger partial charge in [0.25, 0.3) is 0 Å². The summed E-state index contributed by atoms with van der Waals surface area (Å²) in [6.45, 7) is 4.25. The fraction of sp³-hybridized carbons (Fsp3) is 0.684. The maximum absolute atomic E-state index is 10.3.